The van der Waals surface area contributed by atoms with Crippen molar-refractivity contribution < 1.29 is 4.79 Å². The molecule has 1 unspecified atom stereocenters. The standard InChI is InChI=1S/C15H23N3O/c1-2-13(12-16)15(19)18-10-8-17(9-11-18)14-6-4-3-5-7-14/h3-7,13H,2,8-12,16H2,1H3. The van der Waals surface area contributed by atoms with Gasteiger partial charge in [0.05, 0.1) is 5.92 Å². The molecule has 1 saturated heterocycles. The first-order valence-electron chi connectivity index (χ1n) is 7.05. The lowest BCUT2D eigenvalue weighted by Gasteiger charge is -2.37. The lowest BCUT2D eigenvalue weighted by atomic mass is 10.0. The zero-order valence-corrected chi connectivity index (χ0v) is 11.6. The average Bonchev–Trinajstić information content (AvgIpc) is 2.49. The van der Waals surface area contributed by atoms with E-state index in [1.165, 1.54) is 5.69 Å². The summed E-state index contributed by atoms with van der Waals surface area (Å²) >= 11 is 0. The van der Waals surface area contributed by atoms with E-state index in [4.69, 9.17) is 5.73 Å². The summed E-state index contributed by atoms with van der Waals surface area (Å²) < 4.78 is 0. The fourth-order valence-electron chi connectivity index (χ4n) is 2.52. The van der Waals surface area contributed by atoms with Crippen LogP contribution in [0.15, 0.2) is 30.3 Å². The van der Waals surface area contributed by atoms with Crippen LogP contribution in [0, 0.1) is 5.92 Å². The van der Waals surface area contributed by atoms with Crippen molar-refractivity contribution in [3.63, 3.8) is 0 Å². The van der Waals surface area contributed by atoms with Gasteiger partial charge in [-0.05, 0) is 18.6 Å². The number of benzene rings is 1. The van der Waals surface area contributed by atoms with Crippen molar-refractivity contribution in [2.24, 2.45) is 11.7 Å². The molecule has 1 aromatic carbocycles. The van der Waals surface area contributed by atoms with Crippen LogP contribution >= 0.6 is 0 Å². The van der Waals surface area contributed by atoms with Crippen LogP contribution in [0.1, 0.15) is 13.3 Å². The minimum Gasteiger partial charge on any atom is -0.368 e. The molecule has 4 heteroatoms. The molecule has 1 heterocycles. The number of anilines is 1. The van der Waals surface area contributed by atoms with E-state index in [9.17, 15) is 4.79 Å². The lowest BCUT2D eigenvalue weighted by molar-refractivity contribution is -0.135. The molecular formula is C15H23N3O. The van der Waals surface area contributed by atoms with E-state index >= 15 is 0 Å². The van der Waals surface area contributed by atoms with E-state index < -0.39 is 0 Å². The van der Waals surface area contributed by atoms with Gasteiger partial charge in [-0.25, -0.2) is 0 Å². The molecule has 1 aliphatic rings. The summed E-state index contributed by atoms with van der Waals surface area (Å²) in [4.78, 5) is 16.5. The molecule has 2 rings (SSSR count). The topological polar surface area (TPSA) is 49.6 Å². The lowest BCUT2D eigenvalue weighted by Crippen LogP contribution is -2.51. The molecule has 1 aromatic rings. The summed E-state index contributed by atoms with van der Waals surface area (Å²) in [5.74, 6) is 0.209. The third-order valence-corrected chi connectivity index (χ3v) is 3.84. The van der Waals surface area contributed by atoms with Crippen molar-refractivity contribution >= 4 is 11.6 Å². The smallest absolute Gasteiger partial charge is 0.227 e. The molecule has 104 valence electrons. The highest BCUT2D eigenvalue weighted by Gasteiger charge is 2.25. The van der Waals surface area contributed by atoms with Gasteiger partial charge in [0.15, 0.2) is 0 Å². The molecule has 1 atom stereocenters. The Balaban J connectivity index is 1.91. The highest BCUT2D eigenvalue weighted by atomic mass is 16.2. The predicted octanol–water partition coefficient (Wildman–Crippen LogP) is 1.32. The van der Waals surface area contributed by atoms with Gasteiger partial charge in [-0.2, -0.15) is 0 Å². The fraction of sp³-hybridized carbons (Fsp3) is 0.533. The Morgan fingerprint density at radius 3 is 2.37 bits per heavy atom. The Morgan fingerprint density at radius 1 is 1.21 bits per heavy atom. The summed E-state index contributed by atoms with van der Waals surface area (Å²) in [7, 11) is 0. The Kier molecular flexibility index (Phi) is 4.80. The molecule has 0 aromatic heterocycles. The van der Waals surface area contributed by atoms with Gasteiger partial charge in [0.25, 0.3) is 0 Å². The first-order chi connectivity index (χ1) is 9.26. The van der Waals surface area contributed by atoms with E-state index in [2.05, 4.69) is 17.0 Å². The number of nitrogens with zero attached hydrogens (tertiary/aromatic N) is 2. The normalized spacial score (nSPS) is 17.4. The van der Waals surface area contributed by atoms with Crippen LogP contribution in [0.4, 0.5) is 5.69 Å². The van der Waals surface area contributed by atoms with Crippen molar-refractivity contribution in [3.8, 4) is 0 Å². The summed E-state index contributed by atoms with van der Waals surface area (Å²) in [6.07, 6.45) is 0.828. The number of hydrogen-bond donors (Lipinski definition) is 1. The molecule has 0 radical (unpaired) electrons. The van der Waals surface area contributed by atoms with E-state index in [1.54, 1.807) is 0 Å². The van der Waals surface area contributed by atoms with Crippen LogP contribution in [-0.2, 0) is 4.79 Å². The molecular weight excluding hydrogens is 238 g/mol. The van der Waals surface area contributed by atoms with Crippen LogP contribution in [0.2, 0.25) is 0 Å². The minimum atomic E-state index is -0.0109. The average molecular weight is 261 g/mol. The predicted molar refractivity (Wildman–Crippen MR) is 78.1 cm³/mol. The zero-order valence-electron chi connectivity index (χ0n) is 11.6. The van der Waals surface area contributed by atoms with Crippen LogP contribution < -0.4 is 10.6 Å². The second-order valence-electron chi connectivity index (χ2n) is 4.99. The van der Waals surface area contributed by atoms with Gasteiger partial charge in [-0.1, -0.05) is 25.1 Å². The van der Waals surface area contributed by atoms with E-state index in [1.807, 2.05) is 30.0 Å². The molecule has 19 heavy (non-hydrogen) atoms. The van der Waals surface area contributed by atoms with Crippen molar-refractivity contribution in [1.29, 1.82) is 0 Å². The molecule has 1 amide bonds. The second kappa shape index (κ2) is 6.57. The quantitative estimate of drug-likeness (QED) is 0.889. The molecule has 0 aliphatic carbocycles. The maximum absolute atomic E-state index is 12.2. The number of para-hydroxylation sites is 1. The van der Waals surface area contributed by atoms with Crippen LogP contribution in [0.3, 0.4) is 0 Å². The highest BCUT2D eigenvalue weighted by Crippen LogP contribution is 2.17. The summed E-state index contributed by atoms with van der Waals surface area (Å²) in [6, 6.07) is 10.4. The summed E-state index contributed by atoms with van der Waals surface area (Å²) in [5, 5.41) is 0. The molecule has 1 aliphatic heterocycles. The minimum absolute atomic E-state index is 0.0109. The molecule has 0 saturated carbocycles. The van der Waals surface area contributed by atoms with Gasteiger partial charge >= 0.3 is 0 Å². The van der Waals surface area contributed by atoms with Crippen LogP contribution in [-0.4, -0.2) is 43.5 Å². The Bertz CT molecular complexity index is 395. The first-order valence-corrected chi connectivity index (χ1v) is 7.05. The maximum Gasteiger partial charge on any atom is 0.227 e. The Labute approximate surface area is 115 Å². The summed E-state index contributed by atoms with van der Waals surface area (Å²) in [6.45, 7) is 5.87. The number of hydrogen-bond acceptors (Lipinski definition) is 3. The molecule has 2 N–H and O–H groups in total. The van der Waals surface area contributed by atoms with Crippen LogP contribution in [0.25, 0.3) is 0 Å². The number of amides is 1. The van der Waals surface area contributed by atoms with E-state index in [-0.39, 0.29) is 11.8 Å². The first kappa shape index (κ1) is 13.9. The summed E-state index contributed by atoms with van der Waals surface area (Å²) in [5.41, 5.74) is 6.89. The van der Waals surface area contributed by atoms with Gasteiger partial charge in [0, 0.05) is 38.4 Å². The van der Waals surface area contributed by atoms with Crippen molar-refractivity contribution in [1.82, 2.24) is 4.90 Å². The number of carbonyl (C=O) groups is 1. The number of rotatable bonds is 4. The zero-order chi connectivity index (χ0) is 13.7. The van der Waals surface area contributed by atoms with E-state index in [0.717, 1.165) is 32.6 Å². The highest BCUT2D eigenvalue weighted by molar-refractivity contribution is 5.79. The third kappa shape index (κ3) is 3.26. The number of nitrogens with two attached hydrogens (primary N) is 1. The van der Waals surface area contributed by atoms with Gasteiger partial charge in [0.1, 0.15) is 0 Å². The Morgan fingerprint density at radius 2 is 1.84 bits per heavy atom. The van der Waals surface area contributed by atoms with Gasteiger partial charge in [-0.3, -0.25) is 4.79 Å². The van der Waals surface area contributed by atoms with Crippen LogP contribution in [0.5, 0.6) is 0 Å². The number of piperazine rings is 1. The van der Waals surface area contributed by atoms with Gasteiger partial charge in [-0.15, -0.1) is 0 Å². The molecule has 0 spiro atoms. The molecule has 1 fully saturated rings. The van der Waals surface area contributed by atoms with Crippen molar-refractivity contribution in [3.05, 3.63) is 30.3 Å². The fourth-order valence-corrected chi connectivity index (χ4v) is 2.52. The number of carbonyl (C=O) groups excluding carboxylic acids is 1. The van der Waals surface area contributed by atoms with Crippen molar-refractivity contribution in [2.75, 3.05) is 37.6 Å². The molecule has 4 nitrogen and oxygen atoms in total. The SMILES string of the molecule is CCC(CN)C(=O)N1CCN(c2ccccc2)CC1. The second-order valence-corrected chi connectivity index (χ2v) is 4.99. The molecule has 0 bridgehead atoms. The largest absolute Gasteiger partial charge is 0.368 e. The maximum atomic E-state index is 12.2. The third-order valence-electron chi connectivity index (χ3n) is 3.84. The van der Waals surface area contributed by atoms with E-state index in [0.29, 0.717) is 6.54 Å². The Hall–Kier alpha value is -1.55. The van der Waals surface area contributed by atoms with Gasteiger partial charge in [0.2, 0.25) is 5.91 Å². The van der Waals surface area contributed by atoms with Gasteiger partial charge < -0.3 is 15.5 Å². The van der Waals surface area contributed by atoms with Crippen molar-refractivity contribution in [2.45, 2.75) is 13.3 Å². The monoisotopic (exact) mass is 261 g/mol.